The van der Waals surface area contributed by atoms with Gasteiger partial charge < -0.3 is 10.1 Å². The molecule has 0 amide bonds. The van der Waals surface area contributed by atoms with Gasteiger partial charge in [-0.15, -0.1) is 0 Å². The average molecular weight is 361 g/mol. The van der Waals surface area contributed by atoms with Crippen molar-refractivity contribution in [2.24, 2.45) is 0 Å². The van der Waals surface area contributed by atoms with Crippen LogP contribution in [-0.2, 0) is 6.54 Å². The molecule has 2 rings (SSSR count). The SMILES string of the molecule is CNCc1ccc(Br)cc1Oc1cc(Cl)cc(Cl)c1. The molecule has 100 valence electrons. The summed E-state index contributed by atoms with van der Waals surface area (Å²) < 4.78 is 6.82. The maximum atomic E-state index is 5.96. The molecule has 0 aliphatic carbocycles. The quantitative estimate of drug-likeness (QED) is 0.802. The molecule has 0 bridgehead atoms. The van der Waals surface area contributed by atoms with E-state index in [-0.39, 0.29) is 0 Å². The van der Waals surface area contributed by atoms with Crippen LogP contribution in [0, 0.1) is 0 Å². The van der Waals surface area contributed by atoms with E-state index in [9.17, 15) is 0 Å². The van der Waals surface area contributed by atoms with E-state index in [0.717, 1.165) is 22.3 Å². The van der Waals surface area contributed by atoms with Gasteiger partial charge in [-0.2, -0.15) is 0 Å². The minimum atomic E-state index is 0.549. The minimum absolute atomic E-state index is 0.549. The van der Waals surface area contributed by atoms with Gasteiger partial charge in [0.25, 0.3) is 0 Å². The van der Waals surface area contributed by atoms with Gasteiger partial charge in [-0.25, -0.2) is 0 Å². The third-order valence-electron chi connectivity index (χ3n) is 2.46. The van der Waals surface area contributed by atoms with Crippen LogP contribution >= 0.6 is 39.1 Å². The number of hydrogen-bond acceptors (Lipinski definition) is 2. The molecular formula is C14H12BrCl2NO. The Morgan fingerprint density at radius 1 is 1.11 bits per heavy atom. The predicted octanol–water partition coefficient (Wildman–Crippen LogP) is 5.27. The summed E-state index contributed by atoms with van der Waals surface area (Å²) >= 11 is 15.4. The van der Waals surface area contributed by atoms with Crippen LogP contribution in [0.15, 0.2) is 40.9 Å². The zero-order chi connectivity index (χ0) is 13.8. The van der Waals surface area contributed by atoms with E-state index in [2.05, 4.69) is 21.2 Å². The summed E-state index contributed by atoms with van der Waals surface area (Å²) in [5, 5.41) is 4.20. The first-order valence-corrected chi connectivity index (χ1v) is 7.20. The van der Waals surface area contributed by atoms with Crippen LogP contribution in [0.25, 0.3) is 0 Å². The van der Waals surface area contributed by atoms with Crippen LogP contribution in [0.4, 0.5) is 0 Å². The molecule has 0 aromatic heterocycles. The monoisotopic (exact) mass is 359 g/mol. The number of nitrogens with one attached hydrogen (secondary N) is 1. The smallest absolute Gasteiger partial charge is 0.133 e. The minimum Gasteiger partial charge on any atom is -0.457 e. The molecule has 0 fully saturated rings. The molecule has 0 aliphatic heterocycles. The third-order valence-corrected chi connectivity index (χ3v) is 3.39. The second-order valence-corrected chi connectivity index (χ2v) is 5.78. The zero-order valence-electron chi connectivity index (χ0n) is 10.2. The van der Waals surface area contributed by atoms with E-state index in [1.54, 1.807) is 18.2 Å². The molecule has 2 nitrogen and oxygen atoms in total. The first-order valence-electron chi connectivity index (χ1n) is 5.65. The van der Waals surface area contributed by atoms with E-state index in [0.29, 0.717) is 15.8 Å². The summed E-state index contributed by atoms with van der Waals surface area (Å²) in [6.45, 7) is 0.719. The Morgan fingerprint density at radius 3 is 2.42 bits per heavy atom. The number of benzene rings is 2. The Balaban J connectivity index is 2.33. The Labute approximate surface area is 130 Å². The normalized spacial score (nSPS) is 10.5. The van der Waals surface area contributed by atoms with Crippen molar-refractivity contribution in [1.29, 1.82) is 0 Å². The fourth-order valence-corrected chi connectivity index (χ4v) is 2.52. The predicted molar refractivity (Wildman–Crippen MR) is 83.4 cm³/mol. The standard InChI is InChI=1S/C14H12BrCl2NO/c1-18-8-9-2-3-10(15)4-14(9)19-13-6-11(16)5-12(17)7-13/h2-7,18H,8H2,1H3. The first kappa shape index (κ1) is 14.7. The van der Waals surface area contributed by atoms with Crippen molar-refractivity contribution in [3.63, 3.8) is 0 Å². The first-order chi connectivity index (χ1) is 9.08. The van der Waals surface area contributed by atoms with E-state index in [1.807, 2.05) is 25.2 Å². The Bertz CT molecular complexity index is 569. The molecule has 0 aliphatic rings. The van der Waals surface area contributed by atoms with Crippen molar-refractivity contribution >= 4 is 39.1 Å². The Hall–Kier alpha value is -0.740. The lowest BCUT2D eigenvalue weighted by Crippen LogP contribution is -2.06. The molecule has 0 heterocycles. The van der Waals surface area contributed by atoms with Gasteiger partial charge in [0.2, 0.25) is 0 Å². The summed E-state index contributed by atoms with van der Waals surface area (Å²) in [6, 6.07) is 11.0. The van der Waals surface area contributed by atoms with E-state index in [1.165, 1.54) is 0 Å². The molecule has 0 spiro atoms. The van der Waals surface area contributed by atoms with Crippen molar-refractivity contribution < 1.29 is 4.74 Å². The molecular weight excluding hydrogens is 349 g/mol. The molecule has 0 radical (unpaired) electrons. The molecule has 0 saturated heterocycles. The summed E-state index contributed by atoms with van der Waals surface area (Å²) in [5.41, 5.74) is 1.06. The highest BCUT2D eigenvalue weighted by molar-refractivity contribution is 9.10. The number of ether oxygens (including phenoxy) is 1. The molecule has 0 saturated carbocycles. The lowest BCUT2D eigenvalue weighted by Gasteiger charge is -2.12. The van der Waals surface area contributed by atoms with E-state index >= 15 is 0 Å². The molecule has 5 heteroatoms. The molecule has 0 atom stereocenters. The molecule has 2 aromatic rings. The van der Waals surface area contributed by atoms with Gasteiger partial charge in [0.05, 0.1) is 0 Å². The van der Waals surface area contributed by atoms with Gasteiger partial charge in [-0.05, 0) is 37.4 Å². The van der Waals surface area contributed by atoms with Gasteiger partial charge >= 0.3 is 0 Å². The fourth-order valence-electron chi connectivity index (χ4n) is 1.67. The molecule has 1 N–H and O–H groups in total. The fraction of sp³-hybridized carbons (Fsp3) is 0.143. The van der Waals surface area contributed by atoms with Gasteiger partial charge in [0.1, 0.15) is 11.5 Å². The molecule has 19 heavy (non-hydrogen) atoms. The van der Waals surface area contributed by atoms with Crippen molar-refractivity contribution in [3.05, 3.63) is 56.5 Å². The van der Waals surface area contributed by atoms with Crippen LogP contribution in [0.2, 0.25) is 10.0 Å². The van der Waals surface area contributed by atoms with Crippen LogP contribution in [0.5, 0.6) is 11.5 Å². The largest absolute Gasteiger partial charge is 0.457 e. The maximum absolute atomic E-state index is 5.96. The Morgan fingerprint density at radius 2 is 1.79 bits per heavy atom. The number of halogens is 3. The third kappa shape index (κ3) is 4.11. The highest BCUT2D eigenvalue weighted by Gasteiger charge is 2.07. The lowest BCUT2D eigenvalue weighted by molar-refractivity contribution is 0.474. The maximum Gasteiger partial charge on any atom is 0.133 e. The van der Waals surface area contributed by atoms with Crippen LogP contribution < -0.4 is 10.1 Å². The summed E-state index contributed by atoms with van der Waals surface area (Å²) in [4.78, 5) is 0. The van der Waals surface area contributed by atoms with Gasteiger partial charge in [-0.3, -0.25) is 0 Å². The van der Waals surface area contributed by atoms with Crippen molar-refractivity contribution in [2.75, 3.05) is 7.05 Å². The van der Waals surface area contributed by atoms with Crippen molar-refractivity contribution in [2.45, 2.75) is 6.54 Å². The number of hydrogen-bond donors (Lipinski definition) is 1. The average Bonchev–Trinajstić information content (AvgIpc) is 2.31. The van der Waals surface area contributed by atoms with Crippen LogP contribution in [-0.4, -0.2) is 7.05 Å². The van der Waals surface area contributed by atoms with Crippen molar-refractivity contribution in [1.82, 2.24) is 5.32 Å². The van der Waals surface area contributed by atoms with Gasteiger partial charge in [0, 0.05) is 26.6 Å². The van der Waals surface area contributed by atoms with E-state index in [4.69, 9.17) is 27.9 Å². The topological polar surface area (TPSA) is 21.3 Å². The molecule has 0 unspecified atom stereocenters. The highest BCUT2D eigenvalue weighted by Crippen LogP contribution is 2.32. The summed E-state index contributed by atoms with van der Waals surface area (Å²) in [7, 11) is 1.89. The van der Waals surface area contributed by atoms with Gasteiger partial charge in [-0.1, -0.05) is 45.2 Å². The van der Waals surface area contributed by atoms with Gasteiger partial charge in [0.15, 0.2) is 0 Å². The number of rotatable bonds is 4. The summed E-state index contributed by atoms with van der Waals surface area (Å²) in [6.07, 6.45) is 0. The van der Waals surface area contributed by atoms with Crippen molar-refractivity contribution in [3.8, 4) is 11.5 Å². The highest BCUT2D eigenvalue weighted by atomic mass is 79.9. The zero-order valence-corrected chi connectivity index (χ0v) is 13.3. The van der Waals surface area contributed by atoms with Crippen LogP contribution in [0.1, 0.15) is 5.56 Å². The Kier molecular flexibility index (Phi) is 5.11. The second-order valence-electron chi connectivity index (χ2n) is 3.99. The lowest BCUT2D eigenvalue weighted by atomic mass is 10.2. The van der Waals surface area contributed by atoms with Crippen LogP contribution in [0.3, 0.4) is 0 Å². The summed E-state index contributed by atoms with van der Waals surface area (Å²) in [5.74, 6) is 1.38. The van der Waals surface area contributed by atoms with E-state index < -0.39 is 0 Å². The molecule has 2 aromatic carbocycles. The second kappa shape index (κ2) is 6.62.